The van der Waals surface area contributed by atoms with Gasteiger partial charge in [0.05, 0.1) is 4.92 Å². The summed E-state index contributed by atoms with van der Waals surface area (Å²) in [5, 5.41) is 16.4. The van der Waals surface area contributed by atoms with E-state index in [9.17, 15) is 14.9 Å². The Labute approximate surface area is 118 Å². The van der Waals surface area contributed by atoms with Crippen molar-refractivity contribution in [2.75, 3.05) is 18.4 Å². The fourth-order valence-electron chi connectivity index (χ4n) is 1.62. The first-order valence-electron chi connectivity index (χ1n) is 6.74. The van der Waals surface area contributed by atoms with Gasteiger partial charge < -0.3 is 10.6 Å². The number of nitrogens with one attached hydrogen (secondary N) is 2. The minimum Gasteiger partial charge on any atom is -0.383 e. The number of nitro groups is 1. The highest BCUT2D eigenvalue weighted by Crippen LogP contribution is 2.14. The number of hydrogen-bond acceptors (Lipinski definition) is 4. The minimum atomic E-state index is -0.432. The Bertz CT molecular complexity index is 443. The zero-order valence-electron chi connectivity index (χ0n) is 11.9. The molecule has 0 saturated heterocycles. The van der Waals surface area contributed by atoms with Gasteiger partial charge in [-0.05, 0) is 24.5 Å². The predicted molar refractivity (Wildman–Crippen MR) is 78.7 cm³/mol. The molecule has 0 heterocycles. The Balaban J connectivity index is 2.21. The molecule has 1 amide bonds. The highest BCUT2D eigenvalue weighted by atomic mass is 16.6. The van der Waals surface area contributed by atoms with Gasteiger partial charge in [-0.15, -0.1) is 0 Å². The van der Waals surface area contributed by atoms with Crippen LogP contribution in [-0.4, -0.2) is 23.9 Å². The number of non-ortho nitro benzene ring substituents is 1. The summed E-state index contributed by atoms with van der Waals surface area (Å²) >= 11 is 0. The van der Waals surface area contributed by atoms with Crippen LogP contribution in [0.15, 0.2) is 24.3 Å². The number of anilines is 1. The van der Waals surface area contributed by atoms with Crippen molar-refractivity contribution in [1.29, 1.82) is 0 Å². The lowest BCUT2D eigenvalue weighted by Crippen LogP contribution is -2.28. The molecule has 0 aliphatic carbocycles. The molecule has 20 heavy (non-hydrogen) atoms. The van der Waals surface area contributed by atoms with Crippen LogP contribution < -0.4 is 10.6 Å². The minimum absolute atomic E-state index is 0.0594. The van der Waals surface area contributed by atoms with E-state index in [1.807, 2.05) is 0 Å². The van der Waals surface area contributed by atoms with Crippen molar-refractivity contribution in [3.05, 3.63) is 34.4 Å². The standard InChI is InChI=1S/C14H21N3O3/c1-11(2)3-8-14(18)16-10-9-15-12-4-6-13(7-5-12)17(19)20/h4-7,11,15H,3,8-10H2,1-2H3,(H,16,18). The third kappa shape index (κ3) is 6.17. The first kappa shape index (κ1) is 15.9. The summed E-state index contributed by atoms with van der Waals surface area (Å²) in [5.41, 5.74) is 0.865. The zero-order chi connectivity index (χ0) is 15.0. The molecule has 1 aromatic rings. The number of nitrogens with zero attached hydrogens (tertiary/aromatic N) is 1. The van der Waals surface area contributed by atoms with E-state index in [4.69, 9.17) is 0 Å². The molecule has 0 spiro atoms. The van der Waals surface area contributed by atoms with Crippen LogP contribution in [0.4, 0.5) is 11.4 Å². The van der Waals surface area contributed by atoms with Gasteiger partial charge in [-0.25, -0.2) is 0 Å². The number of nitro benzene ring substituents is 1. The molecule has 0 aliphatic rings. The monoisotopic (exact) mass is 279 g/mol. The van der Waals surface area contributed by atoms with E-state index >= 15 is 0 Å². The molecule has 2 N–H and O–H groups in total. The Morgan fingerprint density at radius 3 is 2.45 bits per heavy atom. The van der Waals surface area contributed by atoms with E-state index in [1.54, 1.807) is 12.1 Å². The molecule has 6 heteroatoms. The van der Waals surface area contributed by atoms with Gasteiger partial charge >= 0.3 is 0 Å². The van der Waals surface area contributed by atoms with E-state index in [0.29, 0.717) is 25.4 Å². The van der Waals surface area contributed by atoms with Crippen molar-refractivity contribution in [3.63, 3.8) is 0 Å². The van der Waals surface area contributed by atoms with Crippen molar-refractivity contribution in [3.8, 4) is 0 Å². The largest absolute Gasteiger partial charge is 0.383 e. The Kier molecular flexibility index (Phi) is 6.49. The second-order valence-electron chi connectivity index (χ2n) is 5.01. The molecule has 1 rings (SSSR count). The molecule has 0 aromatic heterocycles. The molecule has 0 aliphatic heterocycles. The number of benzene rings is 1. The molecule has 0 atom stereocenters. The second-order valence-corrected chi connectivity index (χ2v) is 5.01. The van der Waals surface area contributed by atoms with E-state index in [-0.39, 0.29) is 11.6 Å². The van der Waals surface area contributed by atoms with Crippen LogP contribution in [0.1, 0.15) is 26.7 Å². The molecular formula is C14H21N3O3. The van der Waals surface area contributed by atoms with E-state index in [0.717, 1.165) is 12.1 Å². The number of carbonyl (C=O) groups excluding carboxylic acids is 1. The average molecular weight is 279 g/mol. The number of hydrogen-bond donors (Lipinski definition) is 2. The molecule has 0 radical (unpaired) electrons. The van der Waals surface area contributed by atoms with Gasteiger partial charge in [0, 0.05) is 37.3 Å². The topological polar surface area (TPSA) is 84.3 Å². The van der Waals surface area contributed by atoms with Gasteiger partial charge in [-0.3, -0.25) is 14.9 Å². The van der Waals surface area contributed by atoms with Crippen LogP contribution in [0.25, 0.3) is 0 Å². The van der Waals surface area contributed by atoms with Crippen molar-refractivity contribution in [2.24, 2.45) is 5.92 Å². The van der Waals surface area contributed by atoms with Crippen LogP contribution in [0.2, 0.25) is 0 Å². The van der Waals surface area contributed by atoms with Crippen LogP contribution >= 0.6 is 0 Å². The maximum absolute atomic E-state index is 11.5. The maximum Gasteiger partial charge on any atom is 0.269 e. The Hall–Kier alpha value is -2.11. The molecule has 0 unspecified atom stereocenters. The lowest BCUT2D eigenvalue weighted by atomic mass is 10.1. The lowest BCUT2D eigenvalue weighted by molar-refractivity contribution is -0.384. The summed E-state index contributed by atoms with van der Waals surface area (Å²) in [6, 6.07) is 6.20. The summed E-state index contributed by atoms with van der Waals surface area (Å²) < 4.78 is 0. The highest BCUT2D eigenvalue weighted by molar-refractivity contribution is 5.75. The van der Waals surface area contributed by atoms with E-state index in [2.05, 4.69) is 24.5 Å². The molecule has 110 valence electrons. The number of rotatable bonds is 8. The fraction of sp³-hybridized carbons (Fsp3) is 0.500. The molecule has 0 saturated carbocycles. The quantitative estimate of drug-likeness (QED) is 0.435. The Morgan fingerprint density at radius 2 is 1.90 bits per heavy atom. The van der Waals surface area contributed by atoms with Crippen LogP contribution in [0.3, 0.4) is 0 Å². The lowest BCUT2D eigenvalue weighted by Gasteiger charge is -2.08. The van der Waals surface area contributed by atoms with Crippen molar-refractivity contribution in [2.45, 2.75) is 26.7 Å². The number of carbonyl (C=O) groups is 1. The van der Waals surface area contributed by atoms with Gasteiger partial charge in [0.1, 0.15) is 0 Å². The van der Waals surface area contributed by atoms with Crippen LogP contribution in [0, 0.1) is 16.0 Å². The molecule has 1 aromatic carbocycles. The second kappa shape index (κ2) is 8.14. The average Bonchev–Trinajstić information content (AvgIpc) is 2.42. The molecular weight excluding hydrogens is 258 g/mol. The summed E-state index contributed by atoms with van der Waals surface area (Å²) in [4.78, 5) is 21.5. The van der Waals surface area contributed by atoms with Gasteiger partial charge in [-0.1, -0.05) is 13.8 Å². The van der Waals surface area contributed by atoms with Gasteiger partial charge in [0.2, 0.25) is 5.91 Å². The van der Waals surface area contributed by atoms with Crippen molar-refractivity contribution < 1.29 is 9.72 Å². The summed E-state index contributed by atoms with van der Waals surface area (Å²) in [6.45, 7) is 5.30. The van der Waals surface area contributed by atoms with Gasteiger partial charge in [-0.2, -0.15) is 0 Å². The zero-order valence-corrected chi connectivity index (χ0v) is 11.9. The third-order valence-electron chi connectivity index (χ3n) is 2.80. The molecule has 6 nitrogen and oxygen atoms in total. The van der Waals surface area contributed by atoms with E-state index in [1.165, 1.54) is 12.1 Å². The number of amides is 1. The first-order chi connectivity index (χ1) is 9.49. The summed E-state index contributed by atoms with van der Waals surface area (Å²) in [5.74, 6) is 0.586. The highest BCUT2D eigenvalue weighted by Gasteiger charge is 2.04. The predicted octanol–water partition coefficient (Wildman–Crippen LogP) is 2.56. The molecule has 0 bridgehead atoms. The first-order valence-corrected chi connectivity index (χ1v) is 6.74. The van der Waals surface area contributed by atoms with Gasteiger partial charge in [0.15, 0.2) is 0 Å². The van der Waals surface area contributed by atoms with Crippen molar-refractivity contribution >= 4 is 17.3 Å². The normalized spacial score (nSPS) is 10.3. The van der Waals surface area contributed by atoms with Crippen molar-refractivity contribution in [1.82, 2.24) is 5.32 Å². The fourth-order valence-corrected chi connectivity index (χ4v) is 1.62. The van der Waals surface area contributed by atoms with Gasteiger partial charge in [0.25, 0.3) is 5.69 Å². The van der Waals surface area contributed by atoms with E-state index < -0.39 is 4.92 Å². The van der Waals surface area contributed by atoms with Crippen LogP contribution in [-0.2, 0) is 4.79 Å². The maximum atomic E-state index is 11.5. The van der Waals surface area contributed by atoms with Crippen LogP contribution in [0.5, 0.6) is 0 Å². The summed E-state index contributed by atoms with van der Waals surface area (Å²) in [6.07, 6.45) is 1.44. The summed E-state index contributed by atoms with van der Waals surface area (Å²) in [7, 11) is 0. The smallest absolute Gasteiger partial charge is 0.269 e. The Morgan fingerprint density at radius 1 is 1.25 bits per heavy atom. The SMILES string of the molecule is CC(C)CCC(=O)NCCNc1ccc([N+](=O)[O-])cc1. The third-order valence-corrected chi connectivity index (χ3v) is 2.80. The molecule has 0 fully saturated rings.